The number of nitrogens with one attached hydrogen (secondary N) is 1. The monoisotopic (exact) mass is 400 g/mol. The van der Waals surface area contributed by atoms with Gasteiger partial charge in [0.05, 0.1) is 11.2 Å². The lowest BCUT2D eigenvalue weighted by Gasteiger charge is -2.14. The highest BCUT2D eigenvalue weighted by Gasteiger charge is 2.18. The van der Waals surface area contributed by atoms with Gasteiger partial charge >= 0.3 is 0 Å². The zero-order valence-electron chi connectivity index (χ0n) is 15.6. The van der Waals surface area contributed by atoms with E-state index in [-0.39, 0.29) is 11.4 Å². The van der Waals surface area contributed by atoms with Gasteiger partial charge in [0.15, 0.2) is 0 Å². The summed E-state index contributed by atoms with van der Waals surface area (Å²) in [4.78, 5) is 18.6. The second-order valence-corrected chi connectivity index (χ2v) is 6.73. The number of likely N-dealkylation sites (N-methyl/N-ethyl adjacent to an activating group) is 1. The van der Waals surface area contributed by atoms with Gasteiger partial charge in [0, 0.05) is 12.7 Å². The predicted octanol–water partition coefficient (Wildman–Crippen LogP) is 2.70. The van der Waals surface area contributed by atoms with Gasteiger partial charge in [-0.15, -0.1) is 0 Å². The number of carbonyl (C=O) groups is 1. The smallest absolute Gasteiger partial charge is 0.262 e. The first-order chi connectivity index (χ1) is 13.5. The lowest BCUT2D eigenvalue weighted by molar-refractivity contribution is 0.102. The molecule has 0 spiro atoms. The van der Waals surface area contributed by atoms with Gasteiger partial charge in [-0.2, -0.15) is 5.10 Å². The maximum absolute atomic E-state index is 12.5. The number of nitrogen functional groups attached to an aromatic ring is 1. The summed E-state index contributed by atoms with van der Waals surface area (Å²) in [5, 5.41) is 7.42. The number of carbonyl (C=O) groups excluding carboxylic acids is 1. The molecule has 3 rings (SSSR count). The molecule has 28 heavy (non-hydrogen) atoms. The molecule has 0 unspecified atom stereocenters. The van der Waals surface area contributed by atoms with E-state index in [0.717, 1.165) is 6.54 Å². The summed E-state index contributed by atoms with van der Waals surface area (Å²) in [6, 6.07) is 10.6. The molecule has 3 N–H and O–H groups in total. The molecular formula is C19H21ClN6O2. The van der Waals surface area contributed by atoms with Crippen LogP contribution in [0.15, 0.2) is 48.8 Å². The van der Waals surface area contributed by atoms with Crippen LogP contribution in [0.2, 0.25) is 5.02 Å². The Morgan fingerprint density at radius 3 is 2.75 bits per heavy atom. The SMILES string of the molecule is CN(C)CCOc1ccccc1-n1ncc(C(=O)Nc2ccc(Cl)cn2)c1N. The highest BCUT2D eigenvalue weighted by atomic mass is 35.5. The van der Waals surface area contributed by atoms with Crippen LogP contribution in [-0.2, 0) is 0 Å². The molecule has 0 aliphatic heterocycles. The number of halogens is 1. The zero-order chi connectivity index (χ0) is 20.1. The van der Waals surface area contributed by atoms with Crippen molar-refractivity contribution in [2.24, 2.45) is 0 Å². The third kappa shape index (κ3) is 4.59. The molecule has 0 saturated heterocycles. The minimum absolute atomic E-state index is 0.204. The standard InChI is InChI=1S/C19H21ClN6O2/c1-25(2)9-10-28-16-6-4-3-5-15(16)26-18(21)14(12-23-26)19(27)24-17-8-7-13(20)11-22-17/h3-8,11-12H,9-10,21H2,1-2H3,(H,22,24,27). The molecule has 0 aliphatic carbocycles. The first kappa shape index (κ1) is 19.7. The third-order valence-corrected chi connectivity index (χ3v) is 4.13. The predicted molar refractivity (Wildman–Crippen MR) is 109 cm³/mol. The number of aromatic nitrogens is 3. The number of amides is 1. The Labute approximate surface area is 167 Å². The number of hydrogen-bond donors (Lipinski definition) is 2. The van der Waals surface area contributed by atoms with Crippen molar-refractivity contribution < 1.29 is 9.53 Å². The summed E-state index contributed by atoms with van der Waals surface area (Å²) in [6.45, 7) is 1.28. The van der Waals surface area contributed by atoms with E-state index >= 15 is 0 Å². The number of rotatable bonds is 7. The van der Waals surface area contributed by atoms with Crippen molar-refractivity contribution in [2.75, 3.05) is 38.3 Å². The van der Waals surface area contributed by atoms with Gasteiger partial charge in [0.25, 0.3) is 5.91 Å². The number of para-hydroxylation sites is 2. The fourth-order valence-electron chi connectivity index (χ4n) is 2.45. The van der Waals surface area contributed by atoms with E-state index < -0.39 is 5.91 Å². The van der Waals surface area contributed by atoms with Crippen LogP contribution in [0.25, 0.3) is 5.69 Å². The molecule has 0 saturated carbocycles. The molecule has 2 aromatic heterocycles. The van der Waals surface area contributed by atoms with E-state index in [2.05, 4.69) is 15.4 Å². The molecule has 1 aromatic carbocycles. The van der Waals surface area contributed by atoms with Crippen LogP contribution in [0.1, 0.15) is 10.4 Å². The maximum atomic E-state index is 12.5. The highest BCUT2D eigenvalue weighted by molar-refractivity contribution is 6.30. The Morgan fingerprint density at radius 2 is 2.04 bits per heavy atom. The Kier molecular flexibility index (Phi) is 6.13. The number of anilines is 2. The molecular weight excluding hydrogens is 380 g/mol. The molecule has 3 aromatic rings. The summed E-state index contributed by atoms with van der Waals surface area (Å²) in [7, 11) is 3.95. The second-order valence-electron chi connectivity index (χ2n) is 6.29. The lowest BCUT2D eigenvalue weighted by Crippen LogP contribution is -2.20. The van der Waals surface area contributed by atoms with E-state index in [1.807, 2.05) is 43.3 Å². The summed E-state index contributed by atoms with van der Waals surface area (Å²) >= 11 is 5.81. The molecule has 9 heteroatoms. The average Bonchev–Trinajstić information content (AvgIpc) is 3.05. The number of ether oxygens (including phenoxy) is 1. The Balaban J connectivity index is 1.81. The van der Waals surface area contributed by atoms with Crippen LogP contribution < -0.4 is 15.8 Å². The van der Waals surface area contributed by atoms with Crippen LogP contribution in [0.4, 0.5) is 11.6 Å². The van der Waals surface area contributed by atoms with E-state index in [1.54, 1.807) is 12.1 Å². The molecule has 1 amide bonds. The summed E-state index contributed by atoms with van der Waals surface area (Å²) in [6.07, 6.45) is 2.86. The quantitative estimate of drug-likeness (QED) is 0.632. The largest absolute Gasteiger partial charge is 0.490 e. The molecule has 146 valence electrons. The van der Waals surface area contributed by atoms with E-state index in [1.165, 1.54) is 17.1 Å². The van der Waals surface area contributed by atoms with Gasteiger partial charge in [0.1, 0.15) is 35.2 Å². The molecule has 0 atom stereocenters. The fourth-order valence-corrected chi connectivity index (χ4v) is 2.56. The molecule has 0 aliphatic rings. The maximum Gasteiger partial charge on any atom is 0.262 e. The van der Waals surface area contributed by atoms with Crippen LogP contribution in [0.3, 0.4) is 0 Å². The Morgan fingerprint density at radius 1 is 1.25 bits per heavy atom. The minimum atomic E-state index is -0.412. The molecule has 0 bridgehead atoms. The average molecular weight is 401 g/mol. The van der Waals surface area contributed by atoms with Crippen molar-refractivity contribution >= 4 is 29.1 Å². The first-order valence-electron chi connectivity index (χ1n) is 8.59. The lowest BCUT2D eigenvalue weighted by atomic mass is 10.2. The van der Waals surface area contributed by atoms with Crippen molar-refractivity contribution in [3.05, 3.63) is 59.4 Å². The molecule has 2 heterocycles. The summed E-state index contributed by atoms with van der Waals surface area (Å²) < 4.78 is 7.33. The number of hydrogen-bond acceptors (Lipinski definition) is 6. The van der Waals surface area contributed by atoms with Crippen molar-refractivity contribution in [1.29, 1.82) is 0 Å². The molecule has 8 nitrogen and oxygen atoms in total. The van der Waals surface area contributed by atoms with E-state index in [9.17, 15) is 4.79 Å². The van der Waals surface area contributed by atoms with Crippen molar-refractivity contribution in [3.63, 3.8) is 0 Å². The van der Waals surface area contributed by atoms with Gasteiger partial charge in [-0.25, -0.2) is 9.67 Å². The first-order valence-corrected chi connectivity index (χ1v) is 8.97. The Hall–Kier alpha value is -3.10. The van der Waals surface area contributed by atoms with Gasteiger partial charge in [0.2, 0.25) is 0 Å². The normalized spacial score (nSPS) is 10.9. The van der Waals surface area contributed by atoms with Crippen LogP contribution in [0.5, 0.6) is 5.75 Å². The highest BCUT2D eigenvalue weighted by Crippen LogP contribution is 2.26. The zero-order valence-corrected chi connectivity index (χ0v) is 16.3. The fraction of sp³-hybridized carbons (Fsp3) is 0.211. The van der Waals surface area contributed by atoms with Gasteiger partial charge < -0.3 is 20.7 Å². The molecule has 0 fully saturated rings. The van der Waals surface area contributed by atoms with Crippen molar-refractivity contribution in [3.8, 4) is 11.4 Å². The number of pyridine rings is 1. The van der Waals surface area contributed by atoms with Crippen LogP contribution in [0, 0.1) is 0 Å². The number of nitrogens with two attached hydrogens (primary N) is 1. The number of nitrogens with zero attached hydrogens (tertiary/aromatic N) is 4. The summed E-state index contributed by atoms with van der Waals surface area (Å²) in [5.74, 6) is 0.791. The topological polar surface area (TPSA) is 98.3 Å². The molecule has 0 radical (unpaired) electrons. The third-order valence-electron chi connectivity index (χ3n) is 3.91. The van der Waals surface area contributed by atoms with Gasteiger partial charge in [-0.05, 0) is 38.4 Å². The van der Waals surface area contributed by atoms with Crippen molar-refractivity contribution in [1.82, 2.24) is 19.7 Å². The van der Waals surface area contributed by atoms with E-state index in [0.29, 0.717) is 28.9 Å². The van der Waals surface area contributed by atoms with Gasteiger partial charge in [-0.3, -0.25) is 4.79 Å². The van der Waals surface area contributed by atoms with E-state index in [4.69, 9.17) is 22.1 Å². The van der Waals surface area contributed by atoms with Crippen LogP contribution >= 0.6 is 11.6 Å². The van der Waals surface area contributed by atoms with Crippen molar-refractivity contribution in [2.45, 2.75) is 0 Å². The number of benzene rings is 1. The Bertz CT molecular complexity index is 955. The minimum Gasteiger partial charge on any atom is -0.490 e. The summed E-state index contributed by atoms with van der Waals surface area (Å²) in [5.41, 5.74) is 7.09. The van der Waals surface area contributed by atoms with Crippen LogP contribution in [-0.4, -0.2) is 52.8 Å². The second kappa shape index (κ2) is 8.73. The van der Waals surface area contributed by atoms with Gasteiger partial charge in [-0.1, -0.05) is 23.7 Å².